The molecular formula is C16H21N3O2S. The molecular weight excluding hydrogens is 298 g/mol. The van der Waals surface area contributed by atoms with Crippen molar-refractivity contribution in [3.05, 3.63) is 46.5 Å². The van der Waals surface area contributed by atoms with E-state index in [1.165, 1.54) is 16.9 Å². The summed E-state index contributed by atoms with van der Waals surface area (Å²) in [6.07, 6.45) is 0.783. The molecule has 0 aliphatic heterocycles. The van der Waals surface area contributed by atoms with E-state index < -0.39 is 0 Å². The van der Waals surface area contributed by atoms with Crippen molar-refractivity contribution in [1.82, 2.24) is 10.3 Å². The number of nitrogens with one attached hydrogen (secondary N) is 2. The van der Waals surface area contributed by atoms with Crippen molar-refractivity contribution in [3.63, 3.8) is 0 Å². The number of hydrogen-bond donors (Lipinski definition) is 2. The Morgan fingerprint density at radius 1 is 1.32 bits per heavy atom. The lowest BCUT2D eigenvalue weighted by molar-refractivity contribution is -0.115. The van der Waals surface area contributed by atoms with Crippen molar-refractivity contribution < 1.29 is 9.53 Å². The Morgan fingerprint density at radius 2 is 2.09 bits per heavy atom. The van der Waals surface area contributed by atoms with E-state index in [1.54, 1.807) is 7.11 Å². The Labute approximate surface area is 134 Å². The highest BCUT2D eigenvalue weighted by molar-refractivity contribution is 7.15. The summed E-state index contributed by atoms with van der Waals surface area (Å²) in [4.78, 5) is 17.5. The molecule has 0 bridgehead atoms. The number of anilines is 1. The molecule has 0 saturated carbocycles. The molecule has 0 atom stereocenters. The van der Waals surface area contributed by atoms with Crippen LogP contribution in [-0.2, 0) is 16.0 Å². The average Bonchev–Trinajstić information content (AvgIpc) is 2.84. The number of aryl methyl sites for hydroxylation is 1. The van der Waals surface area contributed by atoms with Crippen LogP contribution in [0.2, 0.25) is 0 Å². The maximum atomic E-state index is 11.8. The first kappa shape index (κ1) is 16.6. The van der Waals surface area contributed by atoms with Gasteiger partial charge in [0, 0.05) is 25.0 Å². The Kier molecular flexibility index (Phi) is 6.51. The van der Waals surface area contributed by atoms with Crippen LogP contribution < -0.4 is 10.6 Å². The first-order valence-electron chi connectivity index (χ1n) is 7.18. The van der Waals surface area contributed by atoms with E-state index in [-0.39, 0.29) is 12.5 Å². The molecule has 118 valence electrons. The van der Waals surface area contributed by atoms with Gasteiger partial charge in [-0.25, -0.2) is 4.98 Å². The maximum Gasteiger partial charge on any atom is 0.240 e. The van der Waals surface area contributed by atoms with Crippen LogP contribution in [0.5, 0.6) is 0 Å². The second-order valence-electron chi connectivity index (χ2n) is 4.90. The normalized spacial score (nSPS) is 10.6. The average molecular weight is 319 g/mol. The molecule has 0 aliphatic carbocycles. The number of hydrogen-bond acceptors (Lipinski definition) is 5. The van der Waals surface area contributed by atoms with Gasteiger partial charge in [-0.1, -0.05) is 30.3 Å². The smallest absolute Gasteiger partial charge is 0.240 e. The summed E-state index contributed by atoms with van der Waals surface area (Å²) < 4.78 is 4.91. The molecule has 0 spiro atoms. The number of amides is 1. The van der Waals surface area contributed by atoms with Gasteiger partial charge in [-0.15, -0.1) is 11.3 Å². The number of nitrogens with zero attached hydrogens (tertiary/aromatic N) is 1. The minimum absolute atomic E-state index is 0.0869. The molecule has 0 saturated heterocycles. The van der Waals surface area contributed by atoms with Crippen LogP contribution in [0.1, 0.15) is 16.1 Å². The molecule has 0 radical (unpaired) electrons. The Hall–Kier alpha value is -1.76. The van der Waals surface area contributed by atoms with Gasteiger partial charge in [0.25, 0.3) is 0 Å². The van der Waals surface area contributed by atoms with E-state index >= 15 is 0 Å². The van der Waals surface area contributed by atoms with Gasteiger partial charge >= 0.3 is 0 Å². The van der Waals surface area contributed by atoms with E-state index in [0.717, 1.165) is 17.0 Å². The van der Waals surface area contributed by atoms with Gasteiger partial charge in [-0.05, 0) is 12.5 Å². The van der Waals surface area contributed by atoms with Crippen LogP contribution in [-0.4, -0.2) is 37.7 Å². The largest absolute Gasteiger partial charge is 0.383 e. The van der Waals surface area contributed by atoms with Crippen LogP contribution in [0, 0.1) is 6.92 Å². The number of carbonyl (C=O) groups excluding carboxylic acids is 1. The number of ether oxygens (including phenoxy) is 1. The molecule has 6 heteroatoms. The van der Waals surface area contributed by atoms with E-state index in [0.29, 0.717) is 18.3 Å². The van der Waals surface area contributed by atoms with Crippen LogP contribution in [0.4, 0.5) is 5.13 Å². The number of aromatic nitrogens is 1. The summed E-state index contributed by atoms with van der Waals surface area (Å²) in [6, 6.07) is 10.2. The van der Waals surface area contributed by atoms with Gasteiger partial charge in [0.15, 0.2) is 5.13 Å². The fourth-order valence-electron chi connectivity index (χ4n) is 1.97. The lowest BCUT2D eigenvalue weighted by Gasteiger charge is -2.03. The van der Waals surface area contributed by atoms with Crippen molar-refractivity contribution in [2.24, 2.45) is 0 Å². The third kappa shape index (κ3) is 5.22. The molecule has 22 heavy (non-hydrogen) atoms. The van der Waals surface area contributed by atoms with Crippen molar-refractivity contribution in [3.8, 4) is 0 Å². The fraction of sp³-hybridized carbons (Fsp3) is 0.375. The third-order valence-electron chi connectivity index (χ3n) is 3.12. The van der Waals surface area contributed by atoms with Gasteiger partial charge < -0.3 is 15.4 Å². The molecule has 1 aromatic heterocycles. The Bertz CT molecular complexity index is 599. The van der Waals surface area contributed by atoms with Crippen molar-refractivity contribution in [2.45, 2.75) is 13.3 Å². The number of thiazole rings is 1. The van der Waals surface area contributed by atoms with Crippen molar-refractivity contribution in [1.29, 1.82) is 0 Å². The van der Waals surface area contributed by atoms with Gasteiger partial charge in [-0.3, -0.25) is 4.79 Å². The number of methoxy groups -OCH3 is 1. The fourth-order valence-corrected chi connectivity index (χ4v) is 2.82. The molecule has 1 aromatic carbocycles. The first-order valence-corrected chi connectivity index (χ1v) is 8.00. The topological polar surface area (TPSA) is 63.2 Å². The summed E-state index contributed by atoms with van der Waals surface area (Å²) in [7, 11) is 1.63. The highest BCUT2D eigenvalue weighted by Gasteiger charge is 2.10. The molecule has 2 rings (SSSR count). The zero-order valence-corrected chi connectivity index (χ0v) is 13.7. The molecule has 5 nitrogen and oxygen atoms in total. The van der Waals surface area contributed by atoms with E-state index in [4.69, 9.17) is 4.74 Å². The molecule has 2 N–H and O–H groups in total. The second kappa shape index (κ2) is 8.63. The van der Waals surface area contributed by atoms with Crippen molar-refractivity contribution >= 4 is 22.4 Å². The molecule has 1 amide bonds. The molecule has 1 heterocycles. The van der Waals surface area contributed by atoms with Crippen LogP contribution in [0.3, 0.4) is 0 Å². The summed E-state index contributed by atoms with van der Waals surface area (Å²) in [5, 5.41) is 6.49. The number of benzene rings is 1. The standard InChI is InChI=1S/C16H21N3O2S/c1-12-14(10-13-6-4-3-5-7-13)18-16(22-12)19-15(20)11-17-8-9-21-2/h3-7,17H,8-11H2,1-2H3,(H,18,19,20). The minimum Gasteiger partial charge on any atom is -0.383 e. The van der Waals surface area contributed by atoms with Gasteiger partial charge in [0.2, 0.25) is 5.91 Å². The number of carbonyl (C=O) groups is 1. The van der Waals surface area contributed by atoms with E-state index in [9.17, 15) is 4.79 Å². The summed E-state index contributed by atoms with van der Waals surface area (Å²) >= 11 is 1.51. The van der Waals surface area contributed by atoms with Gasteiger partial charge in [0.05, 0.1) is 18.8 Å². The maximum absolute atomic E-state index is 11.8. The number of rotatable bonds is 8. The first-order chi connectivity index (χ1) is 10.7. The SMILES string of the molecule is COCCNCC(=O)Nc1nc(Cc2ccccc2)c(C)s1. The summed E-state index contributed by atoms with van der Waals surface area (Å²) in [6.45, 7) is 3.53. The highest BCUT2D eigenvalue weighted by atomic mass is 32.1. The predicted molar refractivity (Wildman–Crippen MR) is 89.5 cm³/mol. The van der Waals surface area contributed by atoms with E-state index in [1.807, 2.05) is 25.1 Å². The zero-order chi connectivity index (χ0) is 15.8. The summed E-state index contributed by atoms with van der Waals surface area (Å²) in [5.41, 5.74) is 2.23. The van der Waals surface area contributed by atoms with Gasteiger partial charge in [-0.2, -0.15) is 0 Å². The Balaban J connectivity index is 1.88. The predicted octanol–water partition coefficient (Wildman–Crippen LogP) is 2.22. The molecule has 0 aliphatic rings. The van der Waals surface area contributed by atoms with Crippen LogP contribution in [0.25, 0.3) is 0 Å². The summed E-state index contributed by atoms with van der Waals surface area (Å²) in [5.74, 6) is -0.0869. The Morgan fingerprint density at radius 3 is 2.82 bits per heavy atom. The lowest BCUT2D eigenvalue weighted by Crippen LogP contribution is -2.30. The third-order valence-corrected chi connectivity index (χ3v) is 4.05. The van der Waals surface area contributed by atoms with Gasteiger partial charge in [0.1, 0.15) is 0 Å². The van der Waals surface area contributed by atoms with Crippen LogP contribution in [0.15, 0.2) is 30.3 Å². The zero-order valence-electron chi connectivity index (χ0n) is 12.9. The molecule has 0 fully saturated rings. The lowest BCUT2D eigenvalue weighted by atomic mass is 10.1. The molecule has 0 unspecified atom stereocenters. The quantitative estimate of drug-likeness (QED) is 0.732. The monoisotopic (exact) mass is 319 g/mol. The highest BCUT2D eigenvalue weighted by Crippen LogP contribution is 2.24. The van der Waals surface area contributed by atoms with Crippen LogP contribution >= 0.6 is 11.3 Å². The van der Waals surface area contributed by atoms with E-state index in [2.05, 4.69) is 27.8 Å². The second-order valence-corrected chi connectivity index (χ2v) is 6.11. The van der Waals surface area contributed by atoms with Crippen molar-refractivity contribution in [2.75, 3.05) is 32.1 Å². The molecule has 2 aromatic rings. The minimum atomic E-state index is -0.0869.